The van der Waals surface area contributed by atoms with Crippen molar-refractivity contribution in [3.63, 3.8) is 0 Å². The SMILES string of the molecule is C=COCCC(=N)N. The summed E-state index contributed by atoms with van der Waals surface area (Å²) >= 11 is 0. The van der Waals surface area contributed by atoms with Gasteiger partial charge in [0.25, 0.3) is 0 Å². The Balaban J connectivity index is 2.93. The van der Waals surface area contributed by atoms with Gasteiger partial charge < -0.3 is 10.5 Å². The molecule has 0 amide bonds. The van der Waals surface area contributed by atoms with Gasteiger partial charge in [-0.05, 0) is 0 Å². The fourth-order valence-corrected chi connectivity index (χ4v) is 0.252. The lowest BCUT2D eigenvalue weighted by Crippen LogP contribution is -2.11. The van der Waals surface area contributed by atoms with Crippen LogP contribution in [0.25, 0.3) is 0 Å². The zero-order valence-corrected chi connectivity index (χ0v) is 4.68. The molecule has 0 fully saturated rings. The van der Waals surface area contributed by atoms with Crippen molar-refractivity contribution < 1.29 is 4.74 Å². The lowest BCUT2D eigenvalue weighted by atomic mass is 10.4. The van der Waals surface area contributed by atoms with Crippen molar-refractivity contribution in [1.29, 1.82) is 5.41 Å². The maximum absolute atomic E-state index is 6.74. The minimum atomic E-state index is 0.145. The van der Waals surface area contributed by atoms with Gasteiger partial charge in [-0.25, -0.2) is 0 Å². The number of hydrogen-bond donors (Lipinski definition) is 2. The Kier molecular flexibility index (Phi) is 3.66. The van der Waals surface area contributed by atoms with Crippen LogP contribution in [0.1, 0.15) is 6.42 Å². The molecule has 0 unspecified atom stereocenters. The van der Waals surface area contributed by atoms with Crippen LogP contribution >= 0.6 is 0 Å². The number of rotatable bonds is 4. The summed E-state index contributed by atoms with van der Waals surface area (Å²) in [7, 11) is 0. The second-order valence-corrected chi connectivity index (χ2v) is 1.31. The predicted octanol–water partition coefficient (Wildman–Crippen LogP) is 0.473. The molecule has 0 rings (SSSR count). The molecule has 0 saturated heterocycles. The van der Waals surface area contributed by atoms with Crippen LogP contribution in [0.5, 0.6) is 0 Å². The molecule has 0 spiro atoms. The van der Waals surface area contributed by atoms with Gasteiger partial charge in [-0.1, -0.05) is 6.58 Å². The van der Waals surface area contributed by atoms with Crippen LogP contribution in [0.2, 0.25) is 0 Å². The molecule has 46 valence electrons. The Morgan fingerprint density at radius 2 is 2.50 bits per heavy atom. The Hall–Kier alpha value is -0.990. The largest absolute Gasteiger partial charge is 0.501 e. The maximum atomic E-state index is 6.74. The van der Waals surface area contributed by atoms with E-state index in [0.717, 1.165) is 0 Å². The lowest BCUT2D eigenvalue weighted by Gasteiger charge is -1.95. The van der Waals surface area contributed by atoms with E-state index in [1.807, 2.05) is 0 Å². The molecule has 0 radical (unpaired) electrons. The van der Waals surface area contributed by atoms with E-state index in [4.69, 9.17) is 11.1 Å². The van der Waals surface area contributed by atoms with Crippen molar-refractivity contribution in [2.24, 2.45) is 5.73 Å². The highest BCUT2D eigenvalue weighted by atomic mass is 16.5. The van der Waals surface area contributed by atoms with Gasteiger partial charge >= 0.3 is 0 Å². The summed E-state index contributed by atoms with van der Waals surface area (Å²) in [6, 6.07) is 0. The Morgan fingerprint density at radius 3 is 2.88 bits per heavy atom. The molecule has 0 aromatic carbocycles. The highest BCUT2D eigenvalue weighted by Gasteiger charge is 1.85. The van der Waals surface area contributed by atoms with Crippen molar-refractivity contribution in [2.45, 2.75) is 6.42 Å². The topological polar surface area (TPSA) is 59.1 Å². The highest BCUT2D eigenvalue weighted by molar-refractivity contribution is 5.76. The minimum Gasteiger partial charge on any atom is -0.501 e. The zero-order valence-electron chi connectivity index (χ0n) is 4.68. The van der Waals surface area contributed by atoms with Crippen LogP contribution in [0, 0.1) is 5.41 Å². The molecular weight excluding hydrogens is 104 g/mol. The lowest BCUT2D eigenvalue weighted by molar-refractivity contribution is 0.260. The van der Waals surface area contributed by atoms with Gasteiger partial charge in [0.2, 0.25) is 0 Å². The first-order valence-electron chi connectivity index (χ1n) is 2.32. The molecule has 3 nitrogen and oxygen atoms in total. The molecule has 0 aromatic heterocycles. The summed E-state index contributed by atoms with van der Waals surface area (Å²) in [6.07, 6.45) is 1.81. The summed E-state index contributed by atoms with van der Waals surface area (Å²) in [5.74, 6) is 0.145. The summed E-state index contributed by atoms with van der Waals surface area (Å²) in [5, 5.41) is 6.74. The number of hydrogen-bond acceptors (Lipinski definition) is 2. The van der Waals surface area contributed by atoms with Crippen LogP contribution in [0.15, 0.2) is 12.8 Å². The molecule has 0 aromatic rings. The van der Waals surface area contributed by atoms with E-state index in [1.165, 1.54) is 6.26 Å². The normalized spacial score (nSPS) is 8.00. The van der Waals surface area contributed by atoms with Crippen molar-refractivity contribution in [1.82, 2.24) is 0 Å². The van der Waals surface area contributed by atoms with Gasteiger partial charge in [-0.15, -0.1) is 0 Å². The summed E-state index contributed by atoms with van der Waals surface area (Å²) in [6.45, 7) is 3.78. The van der Waals surface area contributed by atoms with Crippen molar-refractivity contribution in [3.8, 4) is 0 Å². The van der Waals surface area contributed by atoms with E-state index in [9.17, 15) is 0 Å². The summed E-state index contributed by atoms with van der Waals surface area (Å²) in [4.78, 5) is 0. The number of ether oxygens (including phenoxy) is 1. The zero-order chi connectivity index (χ0) is 6.41. The minimum absolute atomic E-state index is 0.145. The van der Waals surface area contributed by atoms with Crippen LogP contribution in [0.3, 0.4) is 0 Å². The van der Waals surface area contributed by atoms with Gasteiger partial charge in [0.05, 0.1) is 18.7 Å². The average Bonchev–Trinajstić information content (AvgIpc) is 1.66. The van der Waals surface area contributed by atoms with Crippen LogP contribution in [-0.4, -0.2) is 12.4 Å². The van der Waals surface area contributed by atoms with Crippen molar-refractivity contribution >= 4 is 5.84 Å². The molecule has 0 aliphatic heterocycles. The maximum Gasteiger partial charge on any atom is 0.0942 e. The first-order valence-corrected chi connectivity index (χ1v) is 2.32. The third kappa shape index (κ3) is 5.01. The smallest absolute Gasteiger partial charge is 0.0942 e. The van der Waals surface area contributed by atoms with E-state index in [-0.39, 0.29) is 5.84 Å². The van der Waals surface area contributed by atoms with E-state index < -0.39 is 0 Å². The van der Waals surface area contributed by atoms with Gasteiger partial charge in [0.1, 0.15) is 0 Å². The van der Waals surface area contributed by atoms with Gasteiger partial charge in [0.15, 0.2) is 0 Å². The van der Waals surface area contributed by atoms with E-state index in [2.05, 4.69) is 11.3 Å². The molecular formula is C5H10N2O. The highest BCUT2D eigenvalue weighted by Crippen LogP contribution is 1.79. The summed E-state index contributed by atoms with van der Waals surface area (Å²) < 4.78 is 4.69. The third-order valence-corrected chi connectivity index (χ3v) is 0.607. The monoisotopic (exact) mass is 114 g/mol. The van der Waals surface area contributed by atoms with Crippen LogP contribution in [0.4, 0.5) is 0 Å². The quantitative estimate of drug-likeness (QED) is 0.241. The first-order chi connectivity index (χ1) is 3.77. The molecule has 3 N–H and O–H groups in total. The second kappa shape index (κ2) is 4.18. The Morgan fingerprint density at radius 1 is 1.88 bits per heavy atom. The van der Waals surface area contributed by atoms with Crippen molar-refractivity contribution in [2.75, 3.05) is 6.61 Å². The molecule has 0 heterocycles. The van der Waals surface area contributed by atoms with Gasteiger partial charge in [-0.3, -0.25) is 5.41 Å². The molecule has 8 heavy (non-hydrogen) atoms. The van der Waals surface area contributed by atoms with Crippen LogP contribution in [-0.2, 0) is 4.74 Å². The average molecular weight is 114 g/mol. The van der Waals surface area contributed by atoms with Crippen molar-refractivity contribution in [3.05, 3.63) is 12.8 Å². The molecule has 0 atom stereocenters. The summed E-state index contributed by atoms with van der Waals surface area (Å²) in [5.41, 5.74) is 5.00. The van der Waals surface area contributed by atoms with Gasteiger partial charge in [-0.2, -0.15) is 0 Å². The molecule has 0 bridgehead atoms. The predicted molar refractivity (Wildman–Crippen MR) is 32.7 cm³/mol. The Labute approximate surface area is 48.6 Å². The number of amidine groups is 1. The second-order valence-electron chi connectivity index (χ2n) is 1.31. The third-order valence-electron chi connectivity index (χ3n) is 0.607. The van der Waals surface area contributed by atoms with Crippen LogP contribution < -0.4 is 5.73 Å². The molecule has 3 heteroatoms. The Bertz CT molecular complexity index is 90.4. The number of nitrogens with two attached hydrogens (primary N) is 1. The fourth-order valence-electron chi connectivity index (χ4n) is 0.252. The molecule has 0 aliphatic rings. The number of nitrogens with one attached hydrogen (secondary N) is 1. The first kappa shape index (κ1) is 7.01. The van der Waals surface area contributed by atoms with E-state index >= 15 is 0 Å². The fraction of sp³-hybridized carbons (Fsp3) is 0.400. The molecule has 0 aliphatic carbocycles. The van der Waals surface area contributed by atoms with E-state index in [0.29, 0.717) is 13.0 Å². The molecule has 0 saturated carbocycles. The van der Waals surface area contributed by atoms with Gasteiger partial charge in [0, 0.05) is 6.42 Å². The van der Waals surface area contributed by atoms with E-state index in [1.54, 1.807) is 0 Å². The standard InChI is InChI=1S/C5H10N2O/c1-2-8-4-3-5(6)7/h2H,1,3-4H2,(H3,6,7).